The van der Waals surface area contributed by atoms with Crippen LogP contribution in [0, 0.1) is 5.82 Å². The maximum atomic E-state index is 13.6. The molecule has 164 valence electrons. The van der Waals surface area contributed by atoms with Crippen LogP contribution in [-0.2, 0) is 4.74 Å². The van der Waals surface area contributed by atoms with Crippen molar-refractivity contribution in [1.82, 2.24) is 19.9 Å². The van der Waals surface area contributed by atoms with Crippen molar-refractivity contribution in [3.63, 3.8) is 0 Å². The standard InChI is InChI=1S/C22H21FN6O2S/c1-2-31-22(30)29-11-9-28(10-12-29)20-19(24-15-5-3-4-6-16(15)25-20)27-21-26-17-8-7-14(23)13-18(17)32-21/h3-8,13H,2,9-12H2,1H3,(H,24,26,27). The number of hydrogen-bond donors (Lipinski definition) is 1. The van der Waals surface area contributed by atoms with E-state index < -0.39 is 0 Å². The summed E-state index contributed by atoms with van der Waals surface area (Å²) in [5.41, 5.74) is 2.26. The third-order valence-corrected chi connectivity index (χ3v) is 6.17. The van der Waals surface area contributed by atoms with Crippen molar-refractivity contribution in [3.8, 4) is 0 Å². The topological polar surface area (TPSA) is 83.5 Å². The predicted molar refractivity (Wildman–Crippen MR) is 123 cm³/mol. The molecule has 1 aliphatic rings. The van der Waals surface area contributed by atoms with Crippen LogP contribution in [0.15, 0.2) is 42.5 Å². The summed E-state index contributed by atoms with van der Waals surface area (Å²) in [5, 5.41) is 3.90. The lowest BCUT2D eigenvalue weighted by Crippen LogP contribution is -2.49. The van der Waals surface area contributed by atoms with Gasteiger partial charge in [0.25, 0.3) is 0 Å². The molecule has 0 bridgehead atoms. The van der Waals surface area contributed by atoms with Crippen LogP contribution in [0.2, 0.25) is 0 Å². The number of nitrogens with one attached hydrogen (secondary N) is 1. The van der Waals surface area contributed by atoms with Gasteiger partial charge in [0.05, 0.1) is 27.9 Å². The fourth-order valence-electron chi connectivity index (χ4n) is 3.66. The Kier molecular flexibility index (Phi) is 5.44. The van der Waals surface area contributed by atoms with E-state index in [9.17, 15) is 9.18 Å². The van der Waals surface area contributed by atoms with Crippen LogP contribution in [0.4, 0.5) is 26.0 Å². The number of aromatic nitrogens is 3. The number of para-hydroxylation sites is 2. The first kappa shape index (κ1) is 20.4. The number of piperazine rings is 1. The quantitative estimate of drug-likeness (QED) is 0.491. The Balaban J connectivity index is 1.46. The SMILES string of the molecule is CCOC(=O)N1CCN(c2nc3ccccc3nc2Nc2nc3ccc(F)cc3s2)CC1. The molecule has 0 saturated carbocycles. The molecule has 3 heterocycles. The molecule has 0 radical (unpaired) electrons. The zero-order valence-corrected chi connectivity index (χ0v) is 18.2. The fraction of sp³-hybridized carbons (Fsp3) is 0.273. The highest BCUT2D eigenvalue weighted by atomic mass is 32.1. The third kappa shape index (κ3) is 4.01. The van der Waals surface area contributed by atoms with Crippen LogP contribution >= 0.6 is 11.3 Å². The first-order chi connectivity index (χ1) is 15.6. The minimum absolute atomic E-state index is 0.293. The molecule has 1 N–H and O–H groups in total. The van der Waals surface area contributed by atoms with Gasteiger partial charge >= 0.3 is 6.09 Å². The molecule has 0 spiro atoms. The zero-order valence-electron chi connectivity index (χ0n) is 17.4. The number of thiazole rings is 1. The van der Waals surface area contributed by atoms with E-state index in [0.717, 1.165) is 21.3 Å². The number of carbonyl (C=O) groups is 1. The van der Waals surface area contributed by atoms with Gasteiger partial charge in [0.15, 0.2) is 16.8 Å². The molecule has 1 aliphatic heterocycles. The number of anilines is 3. The maximum absolute atomic E-state index is 13.6. The van der Waals surface area contributed by atoms with Gasteiger partial charge in [0.2, 0.25) is 0 Å². The molecule has 0 unspecified atom stereocenters. The van der Waals surface area contributed by atoms with Gasteiger partial charge < -0.3 is 19.9 Å². The van der Waals surface area contributed by atoms with E-state index in [4.69, 9.17) is 14.7 Å². The average molecular weight is 453 g/mol. The van der Waals surface area contributed by atoms with E-state index in [1.165, 1.54) is 23.5 Å². The normalized spacial score (nSPS) is 14.2. The van der Waals surface area contributed by atoms with E-state index in [1.807, 2.05) is 24.3 Å². The second kappa shape index (κ2) is 8.54. The van der Waals surface area contributed by atoms with Crippen LogP contribution in [-0.4, -0.2) is 58.7 Å². The smallest absolute Gasteiger partial charge is 0.409 e. The summed E-state index contributed by atoms with van der Waals surface area (Å²) in [6.07, 6.45) is -0.295. The molecular formula is C22H21FN6O2S. The van der Waals surface area contributed by atoms with Gasteiger partial charge in [-0.15, -0.1) is 0 Å². The van der Waals surface area contributed by atoms with Crippen LogP contribution in [0.3, 0.4) is 0 Å². The summed E-state index contributed by atoms with van der Waals surface area (Å²) in [7, 11) is 0. The molecule has 2 aromatic carbocycles. The highest BCUT2D eigenvalue weighted by molar-refractivity contribution is 7.22. The fourth-order valence-corrected chi connectivity index (χ4v) is 4.55. The number of fused-ring (bicyclic) bond motifs is 2. The maximum Gasteiger partial charge on any atom is 0.409 e. The van der Waals surface area contributed by atoms with Crippen LogP contribution in [0.25, 0.3) is 21.3 Å². The molecule has 1 amide bonds. The van der Waals surface area contributed by atoms with Gasteiger partial charge in [-0.3, -0.25) is 0 Å². The van der Waals surface area contributed by atoms with Gasteiger partial charge in [0.1, 0.15) is 5.82 Å². The van der Waals surface area contributed by atoms with Crippen molar-refractivity contribution in [2.24, 2.45) is 0 Å². The van der Waals surface area contributed by atoms with E-state index in [1.54, 1.807) is 17.9 Å². The summed E-state index contributed by atoms with van der Waals surface area (Å²) in [6.45, 7) is 4.43. The summed E-state index contributed by atoms with van der Waals surface area (Å²) in [6, 6.07) is 12.2. The average Bonchev–Trinajstić information content (AvgIpc) is 3.20. The van der Waals surface area contributed by atoms with Crippen LogP contribution in [0.1, 0.15) is 6.92 Å². The molecule has 4 aromatic rings. The second-order valence-corrected chi connectivity index (χ2v) is 8.34. The number of rotatable bonds is 4. The van der Waals surface area contributed by atoms with Gasteiger partial charge in [-0.05, 0) is 37.3 Å². The molecule has 32 heavy (non-hydrogen) atoms. The number of benzene rings is 2. The highest BCUT2D eigenvalue weighted by Gasteiger charge is 2.25. The molecule has 1 fully saturated rings. The van der Waals surface area contributed by atoms with E-state index in [-0.39, 0.29) is 11.9 Å². The van der Waals surface area contributed by atoms with E-state index >= 15 is 0 Å². The lowest BCUT2D eigenvalue weighted by molar-refractivity contribution is 0.105. The Morgan fingerprint density at radius 2 is 1.81 bits per heavy atom. The molecule has 2 aromatic heterocycles. The molecule has 5 rings (SSSR count). The van der Waals surface area contributed by atoms with Gasteiger partial charge in [-0.1, -0.05) is 23.5 Å². The molecule has 0 aliphatic carbocycles. The van der Waals surface area contributed by atoms with Crippen molar-refractivity contribution in [2.75, 3.05) is 43.0 Å². The Bertz CT molecular complexity index is 1290. The molecular weight excluding hydrogens is 431 g/mol. The lowest BCUT2D eigenvalue weighted by atomic mass is 10.3. The zero-order chi connectivity index (χ0) is 22.1. The Morgan fingerprint density at radius 1 is 1.06 bits per heavy atom. The molecule has 8 nitrogen and oxygen atoms in total. The minimum Gasteiger partial charge on any atom is -0.450 e. The monoisotopic (exact) mass is 452 g/mol. The van der Waals surface area contributed by atoms with Crippen molar-refractivity contribution >= 4 is 55.4 Å². The van der Waals surface area contributed by atoms with Crippen molar-refractivity contribution in [1.29, 1.82) is 0 Å². The predicted octanol–water partition coefficient (Wildman–Crippen LogP) is 4.40. The molecule has 10 heteroatoms. The number of ether oxygens (including phenoxy) is 1. The summed E-state index contributed by atoms with van der Waals surface area (Å²) >= 11 is 1.36. The van der Waals surface area contributed by atoms with Gasteiger partial charge in [0, 0.05) is 26.2 Å². The summed E-state index contributed by atoms with van der Waals surface area (Å²) < 4.78 is 19.5. The number of amides is 1. The first-order valence-electron chi connectivity index (χ1n) is 10.4. The first-order valence-corrected chi connectivity index (χ1v) is 11.2. The van der Waals surface area contributed by atoms with Gasteiger partial charge in [-0.25, -0.2) is 24.1 Å². The Hall–Kier alpha value is -3.53. The Morgan fingerprint density at radius 3 is 2.56 bits per heavy atom. The van der Waals surface area contributed by atoms with Crippen molar-refractivity contribution in [3.05, 3.63) is 48.3 Å². The minimum atomic E-state index is -0.295. The van der Waals surface area contributed by atoms with Gasteiger partial charge in [-0.2, -0.15) is 0 Å². The molecule has 0 atom stereocenters. The number of hydrogen-bond acceptors (Lipinski definition) is 8. The number of nitrogens with zero attached hydrogens (tertiary/aromatic N) is 5. The third-order valence-electron chi connectivity index (χ3n) is 5.23. The van der Waals surface area contributed by atoms with Crippen molar-refractivity contribution in [2.45, 2.75) is 6.92 Å². The van der Waals surface area contributed by atoms with Crippen LogP contribution in [0.5, 0.6) is 0 Å². The summed E-state index contributed by atoms with van der Waals surface area (Å²) in [4.78, 5) is 30.0. The van der Waals surface area contributed by atoms with Crippen molar-refractivity contribution < 1.29 is 13.9 Å². The molecule has 1 saturated heterocycles. The lowest BCUT2D eigenvalue weighted by Gasteiger charge is -2.35. The number of halogens is 1. The second-order valence-electron chi connectivity index (χ2n) is 7.31. The Labute approximate surface area is 187 Å². The number of carbonyl (C=O) groups excluding carboxylic acids is 1. The summed E-state index contributed by atoms with van der Waals surface area (Å²) in [5.74, 6) is 0.976. The van der Waals surface area contributed by atoms with E-state index in [2.05, 4.69) is 15.2 Å². The highest BCUT2D eigenvalue weighted by Crippen LogP contribution is 2.32. The van der Waals surface area contributed by atoms with E-state index in [0.29, 0.717) is 49.6 Å². The van der Waals surface area contributed by atoms with Crippen LogP contribution < -0.4 is 10.2 Å². The largest absolute Gasteiger partial charge is 0.450 e.